The van der Waals surface area contributed by atoms with Crippen molar-refractivity contribution in [3.8, 4) is 0 Å². The number of nitrogens with two attached hydrogens (primary N) is 1. The Hall–Kier alpha value is -0.870. The second kappa shape index (κ2) is 7.23. The molecule has 2 N–H and O–H groups in total. The van der Waals surface area contributed by atoms with Gasteiger partial charge in [0.05, 0.1) is 5.69 Å². The molecule has 4 nitrogen and oxygen atoms in total. The van der Waals surface area contributed by atoms with Gasteiger partial charge < -0.3 is 5.73 Å². The van der Waals surface area contributed by atoms with Crippen molar-refractivity contribution in [3.05, 3.63) is 17.5 Å². The number of aryl methyl sites for hydroxylation is 2. The first-order valence-electron chi connectivity index (χ1n) is 7.96. The van der Waals surface area contributed by atoms with E-state index in [2.05, 4.69) is 62.3 Å². The van der Waals surface area contributed by atoms with Gasteiger partial charge in [0.2, 0.25) is 0 Å². The zero-order valence-corrected chi connectivity index (χ0v) is 14.1. The molecule has 116 valence electrons. The van der Waals surface area contributed by atoms with E-state index in [0.29, 0.717) is 0 Å². The Morgan fingerprint density at radius 1 is 1.25 bits per heavy atom. The van der Waals surface area contributed by atoms with Crippen LogP contribution < -0.4 is 5.73 Å². The summed E-state index contributed by atoms with van der Waals surface area (Å²) in [6, 6.07) is 2.32. The second-order valence-electron chi connectivity index (χ2n) is 5.93. The Balaban J connectivity index is 2.88. The van der Waals surface area contributed by atoms with Crippen molar-refractivity contribution in [2.24, 2.45) is 5.73 Å². The Bertz CT molecular complexity index is 405. The minimum absolute atomic E-state index is 0.00127. The lowest BCUT2D eigenvalue weighted by molar-refractivity contribution is 0.106. The Morgan fingerprint density at radius 2 is 1.85 bits per heavy atom. The highest BCUT2D eigenvalue weighted by molar-refractivity contribution is 5.13. The van der Waals surface area contributed by atoms with Crippen molar-refractivity contribution < 1.29 is 0 Å². The molecule has 1 unspecified atom stereocenters. The molecule has 0 aromatic carbocycles. The quantitative estimate of drug-likeness (QED) is 0.795. The largest absolute Gasteiger partial charge is 0.326 e. The maximum atomic E-state index is 6.53. The predicted octanol–water partition coefficient (Wildman–Crippen LogP) is 2.46. The zero-order valence-electron chi connectivity index (χ0n) is 14.1. The van der Waals surface area contributed by atoms with E-state index in [1.807, 2.05) is 0 Å². The third kappa shape index (κ3) is 3.61. The van der Waals surface area contributed by atoms with Gasteiger partial charge in [0, 0.05) is 30.2 Å². The Labute approximate surface area is 124 Å². The minimum atomic E-state index is -0.00127. The smallest absolute Gasteiger partial charge is 0.0624 e. The summed E-state index contributed by atoms with van der Waals surface area (Å²) < 4.78 is 2.09. The van der Waals surface area contributed by atoms with Crippen molar-refractivity contribution in [1.82, 2.24) is 14.7 Å². The van der Waals surface area contributed by atoms with Crippen LogP contribution in [-0.4, -0.2) is 39.4 Å². The summed E-state index contributed by atoms with van der Waals surface area (Å²) in [5.41, 5.74) is 8.95. The molecule has 0 amide bonds. The molecule has 0 fully saturated rings. The summed E-state index contributed by atoms with van der Waals surface area (Å²) in [7, 11) is 0. The van der Waals surface area contributed by atoms with Crippen molar-refractivity contribution in [1.29, 1.82) is 0 Å². The van der Waals surface area contributed by atoms with E-state index in [0.717, 1.165) is 38.2 Å². The lowest BCUT2D eigenvalue weighted by Gasteiger charge is -2.41. The lowest BCUT2D eigenvalue weighted by atomic mass is 9.89. The maximum absolute atomic E-state index is 6.53. The van der Waals surface area contributed by atoms with E-state index in [9.17, 15) is 0 Å². The molecular formula is C16H32N4. The van der Waals surface area contributed by atoms with E-state index in [1.54, 1.807) is 0 Å². The highest BCUT2D eigenvalue weighted by Gasteiger charge is 2.32. The molecule has 0 aliphatic carbocycles. The van der Waals surface area contributed by atoms with Crippen LogP contribution in [0.1, 0.15) is 52.9 Å². The molecule has 0 radical (unpaired) electrons. The van der Waals surface area contributed by atoms with Gasteiger partial charge >= 0.3 is 0 Å². The standard InChI is InChI=1S/C16H32N4/c1-7-13-11-14(20(10-4)18-13)12-15(17)16(5,6)19(8-2)9-3/h11,15H,7-10,12,17H2,1-6H3. The minimum Gasteiger partial charge on any atom is -0.326 e. The highest BCUT2D eigenvalue weighted by atomic mass is 15.3. The van der Waals surface area contributed by atoms with E-state index < -0.39 is 0 Å². The monoisotopic (exact) mass is 280 g/mol. The molecule has 1 aromatic rings. The van der Waals surface area contributed by atoms with Gasteiger partial charge in [0.25, 0.3) is 0 Å². The summed E-state index contributed by atoms with van der Waals surface area (Å²) in [6.45, 7) is 16.1. The first kappa shape index (κ1) is 17.2. The van der Waals surface area contributed by atoms with Crippen LogP contribution >= 0.6 is 0 Å². The van der Waals surface area contributed by atoms with Gasteiger partial charge in [-0.1, -0.05) is 20.8 Å². The van der Waals surface area contributed by atoms with Gasteiger partial charge in [-0.3, -0.25) is 9.58 Å². The molecule has 4 heteroatoms. The molecule has 1 atom stereocenters. The molecule has 0 saturated heterocycles. The lowest BCUT2D eigenvalue weighted by Crippen LogP contribution is -2.57. The normalized spacial score (nSPS) is 14.0. The summed E-state index contributed by atoms with van der Waals surface area (Å²) in [6.07, 6.45) is 1.86. The van der Waals surface area contributed by atoms with E-state index >= 15 is 0 Å². The van der Waals surface area contributed by atoms with Crippen molar-refractivity contribution in [3.63, 3.8) is 0 Å². The fourth-order valence-electron chi connectivity index (χ4n) is 2.87. The van der Waals surface area contributed by atoms with E-state index in [4.69, 9.17) is 5.73 Å². The van der Waals surface area contributed by atoms with Crippen LogP contribution in [-0.2, 0) is 19.4 Å². The van der Waals surface area contributed by atoms with E-state index in [-0.39, 0.29) is 11.6 Å². The molecule has 0 saturated carbocycles. The Kier molecular flexibility index (Phi) is 6.21. The van der Waals surface area contributed by atoms with Gasteiger partial charge in [-0.2, -0.15) is 5.10 Å². The molecule has 1 aromatic heterocycles. The fraction of sp³-hybridized carbons (Fsp3) is 0.812. The molecule has 0 bridgehead atoms. The number of aromatic nitrogens is 2. The average molecular weight is 280 g/mol. The molecule has 1 rings (SSSR count). The molecule has 1 heterocycles. The maximum Gasteiger partial charge on any atom is 0.0624 e. The van der Waals surface area contributed by atoms with E-state index in [1.165, 1.54) is 5.69 Å². The summed E-state index contributed by atoms with van der Waals surface area (Å²) in [5.74, 6) is 0. The predicted molar refractivity (Wildman–Crippen MR) is 86.0 cm³/mol. The summed E-state index contributed by atoms with van der Waals surface area (Å²) in [5, 5.41) is 4.61. The highest BCUT2D eigenvalue weighted by Crippen LogP contribution is 2.21. The first-order chi connectivity index (χ1) is 9.40. The molecule has 0 aliphatic heterocycles. The molecule has 20 heavy (non-hydrogen) atoms. The third-order valence-electron chi connectivity index (χ3n) is 4.49. The van der Waals surface area contributed by atoms with Gasteiger partial charge in [0.15, 0.2) is 0 Å². The van der Waals surface area contributed by atoms with Gasteiger partial charge in [0.1, 0.15) is 0 Å². The van der Waals surface area contributed by atoms with Gasteiger partial charge in [-0.05, 0) is 46.3 Å². The summed E-state index contributed by atoms with van der Waals surface area (Å²) in [4.78, 5) is 2.44. The average Bonchev–Trinajstić information content (AvgIpc) is 2.82. The van der Waals surface area contributed by atoms with Crippen LogP contribution in [0.25, 0.3) is 0 Å². The number of hydrogen-bond acceptors (Lipinski definition) is 3. The van der Waals surface area contributed by atoms with Crippen LogP contribution in [0.15, 0.2) is 6.07 Å². The molecule has 0 spiro atoms. The topological polar surface area (TPSA) is 47.1 Å². The van der Waals surface area contributed by atoms with Crippen LogP contribution in [0.3, 0.4) is 0 Å². The Morgan fingerprint density at radius 3 is 2.30 bits per heavy atom. The second-order valence-corrected chi connectivity index (χ2v) is 5.93. The van der Waals surface area contributed by atoms with Gasteiger partial charge in [-0.25, -0.2) is 0 Å². The number of rotatable bonds is 8. The SMILES string of the molecule is CCc1cc(CC(N)C(C)(C)N(CC)CC)n(CC)n1. The number of nitrogens with zero attached hydrogens (tertiary/aromatic N) is 3. The zero-order chi connectivity index (χ0) is 15.3. The fourth-order valence-corrected chi connectivity index (χ4v) is 2.87. The first-order valence-corrected chi connectivity index (χ1v) is 7.96. The molecule has 0 aliphatic rings. The molecular weight excluding hydrogens is 248 g/mol. The van der Waals surface area contributed by atoms with Crippen LogP contribution in [0.4, 0.5) is 0 Å². The van der Waals surface area contributed by atoms with Crippen LogP contribution in [0.5, 0.6) is 0 Å². The third-order valence-corrected chi connectivity index (χ3v) is 4.49. The van der Waals surface area contributed by atoms with Gasteiger partial charge in [-0.15, -0.1) is 0 Å². The van der Waals surface area contributed by atoms with Crippen molar-refractivity contribution in [2.45, 2.75) is 72.5 Å². The van der Waals surface area contributed by atoms with Crippen molar-refractivity contribution >= 4 is 0 Å². The number of hydrogen-bond donors (Lipinski definition) is 1. The van der Waals surface area contributed by atoms with Crippen LogP contribution in [0.2, 0.25) is 0 Å². The number of likely N-dealkylation sites (N-methyl/N-ethyl adjacent to an activating group) is 1. The van der Waals surface area contributed by atoms with Crippen molar-refractivity contribution in [2.75, 3.05) is 13.1 Å². The summed E-state index contributed by atoms with van der Waals surface area (Å²) >= 11 is 0. The van der Waals surface area contributed by atoms with Crippen LogP contribution in [0, 0.1) is 0 Å².